The van der Waals surface area contributed by atoms with Crippen LogP contribution in [0.3, 0.4) is 0 Å². The van der Waals surface area contributed by atoms with Crippen molar-refractivity contribution in [2.75, 3.05) is 25.4 Å². The second kappa shape index (κ2) is 8.85. The van der Waals surface area contributed by atoms with Crippen LogP contribution in [0.15, 0.2) is 5.16 Å². The minimum Gasteiger partial charge on any atom is -0.355 e. The van der Waals surface area contributed by atoms with Crippen LogP contribution >= 0.6 is 11.8 Å². The van der Waals surface area contributed by atoms with E-state index in [1.807, 2.05) is 7.05 Å². The Kier molecular flexibility index (Phi) is 6.54. The minimum atomic E-state index is 0.106. The van der Waals surface area contributed by atoms with Crippen molar-refractivity contribution in [2.24, 2.45) is 13.0 Å². The van der Waals surface area contributed by atoms with Crippen LogP contribution in [0.2, 0.25) is 0 Å². The summed E-state index contributed by atoms with van der Waals surface area (Å²) in [6.45, 7) is 2.90. The minimum absolute atomic E-state index is 0.106. The lowest BCUT2D eigenvalue weighted by Gasteiger charge is -2.22. The summed E-state index contributed by atoms with van der Waals surface area (Å²) in [5.74, 6) is 2.67. The number of hydrogen-bond acceptors (Lipinski definition) is 5. The third-order valence-electron chi connectivity index (χ3n) is 5.18. The van der Waals surface area contributed by atoms with E-state index in [9.17, 15) is 4.79 Å². The maximum absolute atomic E-state index is 12.1. The van der Waals surface area contributed by atoms with E-state index in [-0.39, 0.29) is 5.91 Å². The van der Waals surface area contributed by atoms with Crippen molar-refractivity contribution in [1.29, 1.82) is 0 Å². The quantitative estimate of drug-likeness (QED) is 0.768. The topological polar surface area (TPSA) is 71.8 Å². The van der Waals surface area contributed by atoms with Crippen LogP contribution < -0.4 is 10.6 Å². The number of hydrogen-bond donors (Lipinski definition) is 2. The summed E-state index contributed by atoms with van der Waals surface area (Å²) in [4.78, 5) is 12.1. The lowest BCUT2D eigenvalue weighted by molar-refractivity contribution is -0.118. The first-order chi connectivity index (χ1) is 11.7. The maximum Gasteiger partial charge on any atom is 0.230 e. The van der Waals surface area contributed by atoms with Crippen LogP contribution in [0, 0.1) is 5.92 Å². The van der Waals surface area contributed by atoms with Gasteiger partial charge in [0.05, 0.1) is 5.75 Å². The molecule has 0 bridgehead atoms. The highest BCUT2D eigenvalue weighted by Crippen LogP contribution is 2.25. The Morgan fingerprint density at radius 1 is 1.25 bits per heavy atom. The van der Waals surface area contributed by atoms with Gasteiger partial charge in [-0.05, 0) is 38.1 Å². The highest BCUT2D eigenvalue weighted by Gasteiger charge is 2.22. The molecule has 0 spiro atoms. The molecule has 2 fully saturated rings. The van der Waals surface area contributed by atoms with E-state index in [1.54, 1.807) is 0 Å². The molecule has 134 valence electrons. The predicted molar refractivity (Wildman–Crippen MR) is 96.2 cm³/mol. The van der Waals surface area contributed by atoms with E-state index in [0.29, 0.717) is 17.6 Å². The normalized spacial score (nSPS) is 22.5. The number of carbonyl (C=O) groups is 1. The lowest BCUT2D eigenvalue weighted by atomic mass is 9.89. The Balaban J connectivity index is 1.44. The third-order valence-corrected chi connectivity index (χ3v) is 6.20. The smallest absolute Gasteiger partial charge is 0.230 e. The summed E-state index contributed by atoms with van der Waals surface area (Å²) in [6, 6.07) is 0. The van der Waals surface area contributed by atoms with E-state index in [2.05, 4.69) is 25.4 Å². The molecule has 1 aliphatic carbocycles. The van der Waals surface area contributed by atoms with Crippen molar-refractivity contribution in [3.8, 4) is 0 Å². The van der Waals surface area contributed by atoms with Crippen LogP contribution in [-0.2, 0) is 11.8 Å². The zero-order chi connectivity index (χ0) is 16.8. The zero-order valence-corrected chi connectivity index (χ0v) is 15.4. The first-order valence-corrected chi connectivity index (χ1v) is 10.2. The fraction of sp³-hybridized carbons (Fsp3) is 0.824. The molecule has 2 heterocycles. The lowest BCUT2D eigenvalue weighted by Crippen LogP contribution is -2.31. The van der Waals surface area contributed by atoms with Gasteiger partial charge in [0, 0.05) is 26.1 Å². The number of amides is 1. The van der Waals surface area contributed by atoms with Crippen molar-refractivity contribution >= 4 is 17.7 Å². The van der Waals surface area contributed by atoms with Gasteiger partial charge in [-0.3, -0.25) is 4.79 Å². The van der Waals surface area contributed by atoms with Gasteiger partial charge in [0.15, 0.2) is 5.16 Å². The summed E-state index contributed by atoms with van der Waals surface area (Å²) in [5, 5.41) is 16.0. The molecule has 24 heavy (non-hydrogen) atoms. The van der Waals surface area contributed by atoms with Crippen LogP contribution in [-0.4, -0.2) is 46.1 Å². The van der Waals surface area contributed by atoms with Gasteiger partial charge in [0.25, 0.3) is 0 Å². The molecule has 3 rings (SSSR count). The van der Waals surface area contributed by atoms with E-state index in [1.165, 1.54) is 50.3 Å². The van der Waals surface area contributed by atoms with Crippen molar-refractivity contribution in [3.63, 3.8) is 0 Å². The molecule has 6 nitrogen and oxygen atoms in total. The van der Waals surface area contributed by atoms with E-state index in [4.69, 9.17) is 0 Å². The average molecular weight is 352 g/mol. The zero-order valence-electron chi connectivity index (χ0n) is 14.6. The van der Waals surface area contributed by atoms with Gasteiger partial charge in [-0.15, -0.1) is 10.2 Å². The molecule has 0 radical (unpaired) electrons. The largest absolute Gasteiger partial charge is 0.355 e. The highest BCUT2D eigenvalue weighted by molar-refractivity contribution is 7.99. The highest BCUT2D eigenvalue weighted by atomic mass is 32.2. The van der Waals surface area contributed by atoms with Gasteiger partial charge >= 0.3 is 0 Å². The first-order valence-electron chi connectivity index (χ1n) is 9.23. The van der Waals surface area contributed by atoms with Gasteiger partial charge in [0.2, 0.25) is 5.91 Å². The summed E-state index contributed by atoms with van der Waals surface area (Å²) < 4.78 is 2.05. The van der Waals surface area contributed by atoms with Crippen LogP contribution in [0.25, 0.3) is 0 Å². The molecule has 1 aromatic heterocycles. The van der Waals surface area contributed by atoms with E-state index in [0.717, 1.165) is 37.0 Å². The Hall–Kier alpha value is -1.08. The molecule has 7 heteroatoms. The number of rotatable bonds is 6. The van der Waals surface area contributed by atoms with Crippen molar-refractivity contribution in [1.82, 2.24) is 25.4 Å². The second-order valence-electron chi connectivity index (χ2n) is 7.04. The molecular formula is C17H29N5OS. The summed E-state index contributed by atoms with van der Waals surface area (Å²) in [7, 11) is 2.01. The molecule has 1 aromatic rings. The summed E-state index contributed by atoms with van der Waals surface area (Å²) >= 11 is 1.48. The Morgan fingerprint density at radius 3 is 2.83 bits per heavy atom. The van der Waals surface area contributed by atoms with Gasteiger partial charge in [-0.25, -0.2) is 0 Å². The molecule has 1 amide bonds. The number of carbonyl (C=O) groups excluding carboxylic acids is 1. The first kappa shape index (κ1) is 17.7. The molecule has 1 unspecified atom stereocenters. The van der Waals surface area contributed by atoms with Gasteiger partial charge in [-0.2, -0.15) is 0 Å². The Bertz CT molecular complexity index is 535. The molecule has 1 saturated heterocycles. The Labute approximate surface area is 148 Å². The van der Waals surface area contributed by atoms with Crippen molar-refractivity contribution < 1.29 is 4.79 Å². The van der Waals surface area contributed by atoms with Crippen LogP contribution in [0.4, 0.5) is 0 Å². The standard InChI is InChI=1S/C17H29N5OS/c1-22-16(14-8-5-9-18-11-14)20-21-17(22)24-12-15(23)19-10-13-6-3-2-4-7-13/h13-14,18H,2-12H2,1H3,(H,19,23). The van der Waals surface area contributed by atoms with Crippen LogP contribution in [0.5, 0.6) is 0 Å². The van der Waals surface area contributed by atoms with Gasteiger partial charge < -0.3 is 15.2 Å². The molecular weight excluding hydrogens is 322 g/mol. The third kappa shape index (κ3) is 4.72. The van der Waals surface area contributed by atoms with Crippen molar-refractivity contribution in [2.45, 2.75) is 56.0 Å². The average Bonchev–Trinajstić information content (AvgIpc) is 3.00. The van der Waals surface area contributed by atoms with Crippen LogP contribution in [0.1, 0.15) is 56.7 Å². The molecule has 2 N–H and O–H groups in total. The summed E-state index contributed by atoms with van der Waals surface area (Å²) in [6.07, 6.45) is 8.84. The Morgan fingerprint density at radius 2 is 2.08 bits per heavy atom. The fourth-order valence-corrected chi connectivity index (χ4v) is 4.46. The molecule has 0 aromatic carbocycles. The molecule has 1 atom stereocenters. The number of nitrogens with one attached hydrogen (secondary N) is 2. The van der Waals surface area contributed by atoms with Gasteiger partial charge in [0.1, 0.15) is 5.82 Å². The van der Waals surface area contributed by atoms with E-state index < -0.39 is 0 Å². The predicted octanol–water partition coefficient (Wildman–Crippen LogP) is 2.07. The SMILES string of the molecule is Cn1c(SCC(=O)NCC2CCCCC2)nnc1C1CCCNC1. The molecule has 1 saturated carbocycles. The molecule has 1 aliphatic heterocycles. The fourth-order valence-electron chi connectivity index (χ4n) is 3.71. The molecule has 2 aliphatic rings. The number of thioether (sulfide) groups is 1. The van der Waals surface area contributed by atoms with E-state index >= 15 is 0 Å². The monoisotopic (exact) mass is 351 g/mol. The number of aromatic nitrogens is 3. The number of nitrogens with zero attached hydrogens (tertiary/aromatic N) is 3. The number of piperidine rings is 1. The maximum atomic E-state index is 12.1. The second-order valence-corrected chi connectivity index (χ2v) is 7.98. The van der Waals surface area contributed by atoms with Gasteiger partial charge in [-0.1, -0.05) is 31.0 Å². The summed E-state index contributed by atoms with van der Waals surface area (Å²) in [5.41, 5.74) is 0. The van der Waals surface area contributed by atoms with Crippen molar-refractivity contribution in [3.05, 3.63) is 5.82 Å².